The molecular weight excluding hydrogens is 330 g/mol. The smallest absolute Gasteiger partial charge is 0.233 e. The minimum Gasteiger partial charge on any atom is -0.355 e. The molecule has 0 bridgehead atoms. The van der Waals surface area contributed by atoms with Crippen LogP contribution in [-0.2, 0) is 4.79 Å². The van der Waals surface area contributed by atoms with Crippen LogP contribution in [0.1, 0.15) is 48.7 Å². The van der Waals surface area contributed by atoms with Crippen LogP contribution in [0, 0.1) is 20.8 Å². The first-order valence-corrected chi connectivity index (χ1v) is 9.61. The monoisotopic (exact) mass is 357 g/mol. The van der Waals surface area contributed by atoms with Crippen molar-refractivity contribution in [2.24, 2.45) is 0 Å². The van der Waals surface area contributed by atoms with Gasteiger partial charge in [0.15, 0.2) is 5.16 Å². The number of thioether (sulfide) groups is 1. The summed E-state index contributed by atoms with van der Waals surface area (Å²) in [5, 5.41) is 3.52. The number of carbonyl (C=O) groups excluding carboxylic acids is 1. The van der Waals surface area contributed by atoms with Gasteiger partial charge in [0.1, 0.15) is 0 Å². The van der Waals surface area contributed by atoms with Crippen LogP contribution in [0.4, 0.5) is 0 Å². The van der Waals surface area contributed by atoms with E-state index in [-0.39, 0.29) is 11.2 Å². The van der Waals surface area contributed by atoms with E-state index in [0.717, 1.165) is 23.4 Å². The van der Waals surface area contributed by atoms with Crippen molar-refractivity contribution < 1.29 is 4.79 Å². The van der Waals surface area contributed by atoms with Crippen LogP contribution in [0.15, 0.2) is 35.5 Å². The highest BCUT2D eigenvalue weighted by Crippen LogP contribution is 2.22. The zero-order valence-corrected chi connectivity index (χ0v) is 16.5. The minimum atomic E-state index is -0.227. The van der Waals surface area contributed by atoms with E-state index in [2.05, 4.69) is 34.3 Å². The number of nitrogens with zero attached hydrogens (tertiary/aromatic N) is 2. The molecule has 0 aliphatic carbocycles. The lowest BCUT2D eigenvalue weighted by Gasteiger charge is -2.18. The number of aryl methyl sites for hydroxylation is 2. The number of benzene rings is 1. The van der Waals surface area contributed by atoms with E-state index in [1.54, 1.807) is 0 Å². The standard InChI is InChI=1S/C20H27N3OS/c1-6-17(18-10-8-7-9-11-18)12-21-19(24)16(5)25-20-22-14(3)13(2)15(4)23-20/h7-11,16-17H,6,12H2,1-5H3,(H,21,24)/t16-,17-/m0/s1. The quantitative estimate of drug-likeness (QED) is 0.596. The second kappa shape index (κ2) is 8.99. The Bertz CT molecular complexity index is 695. The van der Waals surface area contributed by atoms with Gasteiger partial charge in [0.05, 0.1) is 5.25 Å². The van der Waals surface area contributed by atoms with Crippen molar-refractivity contribution in [2.45, 2.75) is 57.4 Å². The average Bonchev–Trinajstić information content (AvgIpc) is 2.60. The van der Waals surface area contributed by atoms with Crippen LogP contribution in [0.3, 0.4) is 0 Å². The molecule has 1 heterocycles. The van der Waals surface area contributed by atoms with E-state index in [1.807, 2.05) is 45.9 Å². The van der Waals surface area contributed by atoms with Crippen LogP contribution in [0.2, 0.25) is 0 Å². The van der Waals surface area contributed by atoms with Crippen molar-refractivity contribution in [2.75, 3.05) is 6.54 Å². The summed E-state index contributed by atoms with van der Waals surface area (Å²) in [5.74, 6) is 0.362. The molecule has 1 aromatic carbocycles. The molecule has 1 N–H and O–H groups in total. The summed E-state index contributed by atoms with van der Waals surface area (Å²) in [4.78, 5) is 21.4. The Morgan fingerprint density at radius 1 is 1.12 bits per heavy atom. The van der Waals surface area contributed by atoms with Crippen LogP contribution in [0.25, 0.3) is 0 Å². The lowest BCUT2D eigenvalue weighted by Crippen LogP contribution is -2.34. The van der Waals surface area contributed by atoms with Crippen molar-refractivity contribution in [1.29, 1.82) is 0 Å². The van der Waals surface area contributed by atoms with Crippen LogP contribution in [-0.4, -0.2) is 27.7 Å². The van der Waals surface area contributed by atoms with Crippen molar-refractivity contribution in [3.63, 3.8) is 0 Å². The van der Waals surface area contributed by atoms with Crippen molar-refractivity contribution in [3.05, 3.63) is 52.8 Å². The summed E-state index contributed by atoms with van der Waals surface area (Å²) >= 11 is 1.41. The molecule has 134 valence electrons. The zero-order valence-electron chi connectivity index (χ0n) is 15.7. The third-order valence-corrected chi connectivity index (χ3v) is 5.51. The van der Waals surface area contributed by atoms with Crippen LogP contribution < -0.4 is 5.32 Å². The van der Waals surface area contributed by atoms with Gasteiger partial charge in [0.25, 0.3) is 0 Å². The van der Waals surface area contributed by atoms with E-state index < -0.39 is 0 Å². The Morgan fingerprint density at radius 2 is 1.72 bits per heavy atom. The summed E-state index contributed by atoms with van der Waals surface area (Å²) in [7, 11) is 0. The number of hydrogen-bond acceptors (Lipinski definition) is 4. The summed E-state index contributed by atoms with van der Waals surface area (Å²) in [6.07, 6.45) is 0.991. The molecular formula is C20H27N3OS. The largest absolute Gasteiger partial charge is 0.355 e. The first-order valence-electron chi connectivity index (χ1n) is 8.73. The second-order valence-electron chi connectivity index (χ2n) is 6.32. The van der Waals surface area contributed by atoms with Gasteiger partial charge in [0, 0.05) is 23.9 Å². The summed E-state index contributed by atoms with van der Waals surface area (Å²) in [6.45, 7) is 10.7. The summed E-state index contributed by atoms with van der Waals surface area (Å²) < 4.78 is 0. The fourth-order valence-corrected chi connectivity index (χ4v) is 3.48. The SMILES string of the molecule is CC[C@@H](CNC(=O)[C@H](C)Sc1nc(C)c(C)c(C)n1)c1ccccc1. The maximum atomic E-state index is 12.4. The van der Waals surface area contributed by atoms with Gasteiger partial charge in [-0.1, -0.05) is 49.0 Å². The summed E-state index contributed by atoms with van der Waals surface area (Å²) in [5.41, 5.74) is 4.31. The molecule has 0 aliphatic heterocycles. The molecule has 0 spiro atoms. The highest BCUT2D eigenvalue weighted by atomic mass is 32.2. The van der Waals surface area contributed by atoms with E-state index >= 15 is 0 Å². The molecule has 5 heteroatoms. The Balaban J connectivity index is 1.94. The molecule has 4 nitrogen and oxygen atoms in total. The number of hydrogen-bond donors (Lipinski definition) is 1. The lowest BCUT2D eigenvalue weighted by atomic mass is 9.96. The molecule has 2 rings (SSSR count). The Labute approximate surface area is 154 Å². The fraction of sp³-hybridized carbons (Fsp3) is 0.450. The summed E-state index contributed by atoms with van der Waals surface area (Å²) in [6, 6.07) is 10.3. The fourth-order valence-electron chi connectivity index (χ4n) is 2.60. The molecule has 2 aromatic rings. The van der Waals surface area contributed by atoms with Gasteiger partial charge in [-0.25, -0.2) is 9.97 Å². The number of carbonyl (C=O) groups is 1. The van der Waals surface area contributed by atoms with Crippen LogP contribution >= 0.6 is 11.8 Å². The van der Waals surface area contributed by atoms with Crippen molar-refractivity contribution >= 4 is 17.7 Å². The van der Waals surface area contributed by atoms with E-state index in [9.17, 15) is 4.79 Å². The molecule has 0 saturated carbocycles. The Kier molecular flexibility index (Phi) is 7.00. The van der Waals surface area contributed by atoms with Gasteiger partial charge in [-0.3, -0.25) is 4.79 Å². The van der Waals surface area contributed by atoms with E-state index in [0.29, 0.717) is 17.6 Å². The van der Waals surface area contributed by atoms with Crippen LogP contribution in [0.5, 0.6) is 0 Å². The number of aromatic nitrogens is 2. The molecule has 1 amide bonds. The number of amides is 1. The normalized spacial score (nSPS) is 13.3. The third-order valence-electron chi connectivity index (χ3n) is 4.55. The molecule has 25 heavy (non-hydrogen) atoms. The zero-order chi connectivity index (χ0) is 18.4. The first kappa shape index (κ1) is 19.4. The predicted molar refractivity (Wildman–Crippen MR) is 104 cm³/mol. The van der Waals surface area contributed by atoms with Gasteiger partial charge < -0.3 is 5.32 Å². The molecule has 0 fully saturated rings. The molecule has 0 radical (unpaired) electrons. The molecule has 0 unspecified atom stereocenters. The van der Waals surface area contributed by atoms with Gasteiger partial charge in [0.2, 0.25) is 5.91 Å². The van der Waals surface area contributed by atoms with Crippen molar-refractivity contribution in [1.82, 2.24) is 15.3 Å². The predicted octanol–water partition coefficient (Wildman–Crippen LogP) is 4.19. The van der Waals surface area contributed by atoms with E-state index in [1.165, 1.54) is 17.3 Å². The highest BCUT2D eigenvalue weighted by molar-refractivity contribution is 8.00. The first-order chi connectivity index (χ1) is 11.9. The Hall–Kier alpha value is -1.88. The Morgan fingerprint density at radius 3 is 2.28 bits per heavy atom. The van der Waals surface area contributed by atoms with Crippen molar-refractivity contribution in [3.8, 4) is 0 Å². The third kappa shape index (κ3) is 5.30. The van der Waals surface area contributed by atoms with Gasteiger partial charge in [-0.2, -0.15) is 0 Å². The molecule has 1 aromatic heterocycles. The van der Waals surface area contributed by atoms with Gasteiger partial charge in [-0.15, -0.1) is 0 Å². The average molecular weight is 358 g/mol. The van der Waals surface area contributed by atoms with Gasteiger partial charge in [-0.05, 0) is 45.2 Å². The minimum absolute atomic E-state index is 0.0267. The molecule has 2 atom stereocenters. The molecule has 0 saturated heterocycles. The number of nitrogens with one attached hydrogen (secondary N) is 1. The number of rotatable bonds is 7. The topological polar surface area (TPSA) is 54.9 Å². The lowest BCUT2D eigenvalue weighted by molar-refractivity contribution is -0.120. The second-order valence-corrected chi connectivity index (χ2v) is 7.63. The molecule has 0 aliphatic rings. The van der Waals surface area contributed by atoms with Gasteiger partial charge >= 0.3 is 0 Å². The maximum Gasteiger partial charge on any atom is 0.233 e. The van der Waals surface area contributed by atoms with E-state index in [4.69, 9.17) is 0 Å². The highest BCUT2D eigenvalue weighted by Gasteiger charge is 2.18. The maximum absolute atomic E-state index is 12.4.